The van der Waals surface area contributed by atoms with Crippen LogP contribution in [-0.2, 0) is 0 Å². The second-order valence-electron chi connectivity index (χ2n) is 5.13. The third kappa shape index (κ3) is 3.98. The molecule has 0 bridgehead atoms. The number of para-hydroxylation sites is 2. The number of ether oxygens (including phenoxy) is 2. The Morgan fingerprint density at radius 2 is 1.73 bits per heavy atom. The number of nitrogens with zero attached hydrogens (tertiary/aromatic N) is 1. The van der Waals surface area contributed by atoms with Crippen LogP contribution in [0, 0.1) is 10.1 Å². The monoisotopic (exact) mass is 370 g/mol. The van der Waals surface area contributed by atoms with Crippen molar-refractivity contribution in [2.45, 2.75) is 0 Å². The molecular formula is C18H14N2O5S. The normalized spacial score (nSPS) is 10.2. The van der Waals surface area contributed by atoms with E-state index >= 15 is 0 Å². The Labute approximate surface area is 153 Å². The minimum Gasteiger partial charge on any atom is -0.493 e. The Kier molecular flexibility index (Phi) is 5.14. The van der Waals surface area contributed by atoms with Crippen LogP contribution in [0.1, 0.15) is 9.67 Å². The van der Waals surface area contributed by atoms with Crippen LogP contribution in [0.5, 0.6) is 17.2 Å². The van der Waals surface area contributed by atoms with Gasteiger partial charge >= 0.3 is 5.00 Å². The zero-order chi connectivity index (χ0) is 18.5. The Hall–Kier alpha value is -3.39. The highest BCUT2D eigenvalue weighted by atomic mass is 32.1. The van der Waals surface area contributed by atoms with Crippen LogP contribution < -0.4 is 14.8 Å². The minimum absolute atomic E-state index is 0.0734. The van der Waals surface area contributed by atoms with Crippen LogP contribution in [0.2, 0.25) is 0 Å². The van der Waals surface area contributed by atoms with Crippen LogP contribution in [0.3, 0.4) is 0 Å². The van der Waals surface area contributed by atoms with Gasteiger partial charge in [0.05, 0.1) is 16.9 Å². The lowest BCUT2D eigenvalue weighted by atomic mass is 10.3. The van der Waals surface area contributed by atoms with Crippen LogP contribution >= 0.6 is 11.3 Å². The van der Waals surface area contributed by atoms with E-state index in [-0.39, 0.29) is 9.88 Å². The molecule has 0 aliphatic carbocycles. The van der Waals surface area contributed by atoms with E-state index in [9.17, 15) is 14.9 Å². The second kappa shape index (κ2) is 7.66. The number of amides is 1. The molecule has 1 heterocycles. The van der Waals surface area contributed by atoms with Gasteiger partial charge in [0.1, 0.15) is 5.75 Å². The lowest BCUT2D eigenvalue weighted by Gasteiger charge is -2.10. The maximum atomic E-state index is 12.1. The van der Waals surface area contributed by atoms with E-state index in [1.807, 2.05) is 12.1 Å². The number of rotatable bonds is 6. The fourth-order valence-electron chi connectivity index (χ4n) is 2.18. The SMILES string of the molecule is COc1ccccc1Oc1ccc(NC(=O)c2ccc([N+](=O)[O-])s2)cc1. The summed E-state index contributed by atoms with van der Waals surface area (Å²) in [5, 5.41) is 13.3. The number of benzene rings is 2. The third-order valence-electron chi connectivity index (χ3n) is 3.40. The summed E-state index contributed by atoms with van der Waals surface area (Å²) < 4.78 is 11.0. The van der Waals surface area contributed by atoms with Crippen molar-refractivity contribution in [3.63, 3.8) is 0 Å². The van der Waals surface area contributed by atoms with Crippen molar-refractivity contribution in [3.05, 3.63) is 75.7 Å². The van der Waals surface area contributed by atoms with Gasteiger partial charge in [-0.3, -0.25) is 14.9 Å². The molecule has 0 radical (unpaired) electrons. The number of hydrogen-bond acceptors (Lipinski definition) is 6. The summed E-state index contributed by atoms with van der Waals surface area (Å²) >= 11 is 0.828. The van der Waals surface area contributed by atoms with E-state index in [0.717, 1.165) is 11.3 Å². The number of thiophene rings is 1. The number of hydrogen-bond donors (Lipinski definition) is 1. The fourth-order valence-corrected chi connectivity index (χ4v) is 2.89. The highest BCUT2D eigenvalue weighted by Gasteiger charge is 2.15. The van der Waals surface area contributed by atoms with E-state index < -0.39 is 10.8 Å². The molecule has 3 rings (SSSR count). The first kappa shape index (κ1) is 17.4. The van der Waals surface area contributed by atoms with Gasteiger partial charge in [0, 0.05) is 11.8 Å². The third-order valence-corrected chi connectivity index (χ3v) is 4.44. The fraction of sp³-hybridized carbons (Fsp3) is 0.0556. The molecule has 1 amide bonds. The van der Waals surface area contributed by atoms with Gasteiger partial charge in [-0.05, 0) is 42.5 Å². The maximum absolute atomic E-state index is 12.1. The molecule has 0 saturated heterocycles. The molecule has 1 N–H and O–H groups in total. The van der Waals surface area contributed by atoms with Crippen LogP contribution in [0.25, 0.3) is 0 Å². The summed E-state index contributed by atoms with van der Waals surface area (Å²) in [6.07, 6.45) is 0. The zero-order valence-electron chi connectivity index (χ0n) is 13.7. The smallest absolute Gasteiger partial charge is 0.324 e. The largest absolute Gasteiger partial charge is 0.493 e. The van der Waals surface area contributed by atoms with Crippen molar-refractivity contribution in [1.29, 1.82) is 0 Å². The Balaban J connectivity index is 1.67. The van der Waals surface area contributed by atoms with E-state index in [4.69, 9.17) is 9.47 Å². The summed E-state index contributed by atoms with van der Waals surface area (Å²) in [4.78, 5) is 22.6. The Morgan fingerprint density at radius 1 is 1.04 bits per heavy atom. The van der Waals surface area contributed by atoms with Crippen molar-refractivity contribution in [2.24, 2.45) is 0 Å². The van der Waals surface area contributed by atoms with Gasteiger partial charge in [-0.15, -0.1) is 0 Å². The van der Waals surface area contributed by atoms with Gasteiger partial charge in [0.15, 0.2) is 11.5 Å². The summed E-state index contributed by atoms with van der Waals surface area (Å²) in [7, 11) is 1.57. The maximum Gasteiger partial charge on any atom is 0.324 e. The van der Waals surface area contributed by atoms with E-state index in [1.54, 1.807) is 43.5 Å². The average molecular weight is 370 g/mol. The molecule has 2 aromatic carbocycles. The van der Waals surface area contributed by atoms with Gasteiger partial charge in [-0.1, -0.05) is 23.5 Å². The first-order valence-corrected chi connectivity index (χ1v) is 8.35. The molecule has 132 valence electrons. The highest BCUT2D eigenvalue weighted by molar-refractivity contribution is 7.17. The lowest BCUT2D eigenvalue weighted by Crippen LogP contribution is -2.09. The summed E-state index contributed by atoms with van der Waals surface area (Å²) in [6, 6.07) is 16.8. The molecule has 0 fully saturated rings. The number of nitrogens with one attached hydrogen (secondary N) is 1. The predicted molar refractivity (Wildman–Crippen MR) is 98.4 cm³/mol. The van der Waals surface area contributed by atoms with Crippen molar-refractivity contribution in [2.75, 3.05) is 12.4 Å². The quantitative estimate of drug-likeness (QED) is 0.501. The number of carbonyl (C=O) groups excluding carboxylic acids is 1. The van der Waals surface area contributed by atoms with E-state index in [1.165, 1.54) is 12.1 Å². The summed E-state index contributed by atoms with van der Waals surface area (Å²) in [5.74, 6) is 1.38. The first-order chi connectivity index (χ1) is 12.6. The van der Waals surface area contributed by atoms with Gasteiger partial charge in [0.2, 0.25) is 0 Å². The topological polar surface area (TPSA) is 90.7 Å². The molecule has 0 aliphatic heterocycles. The molecule has 0 saturated carbocycles. The number of nitro groups is 1. The highest BCUT2D eigenvalue weighted by Crippen LogP contribution is 2.31. The van der Waals surface area contributed by atoms with Gasteiger partial charge in [-0.2, -0.15) is 0 Å². The van der Waals surface area contributed by atoms with Gasteiger partial charge in [0.25, 0.3) is 5.91 Å². The second-order valence-corrected chi connectivity index (χ2v) is 6.19. The molecule has 0 atom stereocenters. The average Bonchev–Trinajstić information content (AvgIpc) is 3.14. The molecule has 0 aliphatic rings. The molecule has 3 aromatic rings. The minimum atomic E-state index is -0.522. The number of methoxy groups -OCH3 is 1. The van der Waals surface area contributed by atoms with Crippen molar-refractivity contribution < 1.29 is 19.2 Å². The number of carbonyl (C=O) groups is 1. The Bertz CT molecular complexity index is 937. The van der Waals surface area contributed by atoms with Crippen molar-refractivity contribution >= 4 is 27.9 Å². The molecule has 0 unspecified atom stereocenters. The van der Waals surface area contributed by atoms with Crippen LogP contribution in [0.15, 0.2) is 60.7 Å². The van der Waals surface area contributed by atoms with Gasteiger partial charge in [-0.25, -0.2) is 0 Å². The molecule has 8 heteroatoms. The molecule has 1 aromatic heterocycles. The molecule has 7 nitrogen and oxygen atoms in total. The first-order valence-electron chi connectivity index (χ1n) is 7.53. The van der Waals surface area contributed by atoms with Crippen LogP contribution in [-0.4, -0.2) is 17.9 Å². The Morgan fingerprint density at radius 3 is 2.35 bits per heavy atom. The van der Waals surface area contributed by atoms with E-state index in [0.29, 0.717) is 22.9 Å². The number of anilines is 1. The zero-order valence-corrected chi connectivity index (χ0v) is 14.5. The predicted octanol–water partition coefficient (Wildman–Crippen LogP) is 4.71. The van der Waals surface area contributed by atoms with Gasteiger partial charge < -0.3 is 14.8 Å². The standard InChI is InChI=1S/C18H14N2O5S/c1-24-14-4-2-3-5-15(14)25-13-8-6-12(7-9-13)19-18(21)16-10-11-17(26-16)20(22)23/h2-11H,1H3,(H,19,21). The molecular weight excluding hydrogens is 356 g/mol. The summed E-state index contributed by atoms with van der Waals surface area (Å²) in [5.41, 5.74) is 0.554. The van der Waals surface area contributed by atoms with E-state index in [2.05, 4.69) is 5.32 Å². The summed E-state index contributed by atoms with van der Waals surface area (Å²) in [6.45, 7) is 0. The van der Waals surface area contributed by atoms with Crippen molar-refractivity contribution in [1.82, 2.24) is 0 Å². The van der Waals surface area contributed by atoms with Crippen LogP contribution in [0.4, 0.5) is 10.7 Å². The lowest BCUT2D eigenvalue weighted by molar-refractivity contribution is -0.380. The molecule has 26 heavy (non-hydrogen) atoms. The molecule has 0 spiro atoms. The van der Waals surface area contributed by atoms with Crippen molar-refractivity contribution in [3.8, 4) is 17.2 Å².